The van der Waals surface area contributed by atoms with Crippen LogP contribution in [-0.4, -0.2) is 49.6 Å². The predicted molar refractivity (Wildman–Crippen MR) is 113 cm³/mol. The largest absolute Gasteiger partial charge is 0.493 e. The molecule has 2 amide bonds. The van der Waals surface area contributed by atoms with Crippen molar-refractivity contribution in [3.05, 3.63) is 44.6 Å². The van der Waals surface area contributed by atoms with E-state index in [1.54, 1.807) is 19.2 Å². The number of benzene rings is 1. The number of halogens is 1. The number of nitrogens with zero attached hydrogens (tertiary/aromatic N) is 1. The molecule has 0 atom stereocenters. The van der Waals surface area contributed by atoms with Crippen LogP contribution in [0.5, 0.6) is 11.5 Å². The van der Waals surface area contributed by atoms with Crippen molar-refractivity contribution in [2.75, 3.05) is 26.8 Å². The maximum Gasteiger partial charge on any atom is 0.254 e. The van der Waals surface area contributed by atoms with Gasteiger partial charge in [-0.25, -0.2) is 0 Å². The Balaban J connectivity index is 1.62. The Morgan fingerprint density at radius 1 is 1.29 bits per heavy atom. The second kappa shape index (κ2) is 9.43. The topological polar surface area (TPSA) is 67.9 Å². The van der Waals surface area contributed by atoms with Crippen LogP contribution in [0, 0.1) is 0 Å². The third kappa shape index (κ3) is 4.67. The van der Waals surface area contributed by atoms with E-state index in [4.69, 9.17) is 9.47 Å². The van der Waals surface area contributed by atoms with E-state index in [0.717, 1.165) is 12.8 Å². The molecule has 28 heavy (non-hydrogen) atoms. The maximum atomic E-state index is 12.9. The fourth-order valence-electron chi connectivity index (χ4n) is 3.20. The van der Waals surface area contributed by atoms with Crippen molar-refractivity contribution in [2.45, 2.75) is 25.8 Å². The van der Waals surface area contributed by atoms with Gasteiger partial charge in [0.15, 0.2) is 11.5 Å². The Morgan fingerprint density at radius 2 is 2.04 bits per heavy atom. The first kappa shape index (κ1) is 20.7. The number of hydrogen-bond acceptors (Lipinski definition) is 5. The molecular weight excluding hydrogens is 444 g/mol. The second-order valence-electron chi connectivity index (χ2n) is 6.47. The number of rotatable bonds is 6. The first-order chi connectivity index (χ1) is 13.5. The molecule has 1 saturated heterocycles. The van der Waals surface area contributed by atoms with Crippen LogP contribution in [0.2, 0.25) is 0 Å². The zero-order chi connectivity index (χ0) is 20.1. The molecular formula is C20H23BrN2O4S. The lowest BCUT2D eigenvalue weighted by Crippen LogP contribution is -2.46. The van der Waals surface area contributed by atoms with E-state index in [2.05, 4.69) is 21.2 Å². The lowest BCUT2D eigenvalue weighted by molar-refractivity contribution is 0.0697. The summed E-state index contributed by atoms with van der Waals surface area (Å²) in [5.41, 5.74) is 1.24. The number of thiophene rings is 1. The highest BCUT2D eigenvalue weighted by Crippen LogP contribution is 2.37. The number of carbonyl (C=O) groups excluding carboxylic acids is 2. The molecule has 1 aromatic heterocycles. The molecule has 1 N–H and O–H groups in total. The van der Waals surface area contributed by atoms with Crippen molar-refractivity contribution in [1.29, 1.82) is 0 Å². The molecule has 0 radical (unpaired) electrons. The summed E-state index contributed by atoms with van der Waals surface area (Å²) in [7, 11) is 1.56. The van der Waals surface area contributed by atoms with Gasteiger partial charge in [-0.2, -0.15) is 11.3 Å². The highest BCUT2D eigenvalue weighted by molar-refractivity contribution is 9.10. The molecule has 0 saturated carbocycles. The molecule has 6 nitrogen and oxygen atoms in total. The van der Waals surface area contributed by atoms with Crippen molar-refractivity contribution in [1.82, 2.24) is 10.2 Å². The number of hydrogen-bond donors (Lipinski definition) is 1. The fraction of sp³-hybridized carbons (Fsp3) is 0.400. The number of carbonyl (C=O) groups is 2. The van der Waals surface area contributed by atoms with Gasteiger partial charge in [0.1, 0.15) is 0 Å². The number of amides is 2. The SMILES string of the molecule is CCOc1c(Br)cc(C(=O)N2CCC(NC(=O)c3ccsc3)CC2)cc1OC. The van der Waals surface area contributed by atoms with E-state index in [-0.39, 0.29) is 17.9 Å². The Morgan fingerprint density at radius 3 is 2.64 bits per heavy atom. The Hall–Kier alpha value is -2.06. The summed E-state index contributed by atoms with van der Waals surface area (Å²) in [4.78, 5) is 26.9. The molecule has 3 rings (SSSR count). The lowest BCUT2D eigenvalue weighted by atomic mass is 10.0. The zero-order valence-electron chi connectivity index (χ0n) is 15.9. The molecule has 1 aliphatic rings. The van der Waals surface area contributed by atoms with E-state index in [9.17, 15) is 9.59 Å². The minimum Gasteiger partial charge on any atom is -0.493 e. The lowest BCUT2D eigenvalue weighted by Gasteiger charge is -2.32. The van der Waals surface area contributed by atoms with E-state index in [1.807, 2.05) is 28.7 Å². The molecule has 1 aromatic carbocycles. The monoisotopic (exact) mass is 466 g/mol. The number of methoxy groups -OCH3 is 1. The van der Waals surface area contributed by atoms with Gasteiger partial charge in [-0.15, -0.1) is 0 Å². The van der Waals surface area contributed by atoms with Gasteiger partial charge in [0.05, 0.1) is 18.2 Å². The van der Waals surface area contributed by atoms with Gasteiger partial charge >= 0.3 is 0 Å². The fourth-order valence-corrected chi connectivity index (χ4v) is 4.39. The van der Waals surface area contributed by atoms with Crippen LogP contribution >= 0.6 is 27.3 Å². The number of piperidine rings is 1. The number of likely N-dealkylation sites (tertiary alicyclic amines) is 1. The summed E-state index contributed by atoms with van der Waals surface area (Å²) < 4.78 is 11.7. The predicted octanol–water partition coefficient (Wildman–Crippen LogP) is 3.95. The van der Waals surface area contributed by atoms with Crippen LogP contribution < -0.4 is 14.8 Å². The summed E-state index contributed by atoms with van der Waals surface area (Å²) in [5, 5.41) is 6.78. The van der Waals surface area contributed by atoms with Crippen LogP contribution in [0.1, 0.15) is 40.5 Å². The van der Waals surface area contributed by atoms with Gasteiger partial charge in [-0.05, 0) is 59.3 Å². The summed E-state index contributed by atoms with van der Waals surface area (Å²) in [6, 6.07) is 5.37. The number of ether oxygens (including phenoxy) is 2. The second-order valence-corrected chi connectivity index (χ2v) is 8.11. The molecule has 1 aliphatic heterocycles. The average molecular weight is 467 g/mol. The van der Waals surface area contributed by atoms with Gasteiger partial charge in [0.25, 0.3) is 11.8 Å². The summed E-state index contributed by atoms with van der Waals surface area (Å²) in [5.74, 6) is 1.02. The van der Waals surface area contributed by atoms with Crippen LogP contribution in [0.4, 0.5) is 0 Å². The third-order valence-electron chi connectivity index (χ3n) is 4.67. The van der Waals surface area contributed by atoms with Gasteiger partial charge < -0.3 is 19.7 Å². The minimum atomic E-state index is -0.0512. The Labute approximate surface area is 176 Å². The van der Waals surface area contributed by atoms with E-state index in [0.29, 0.717) is 46.8 Å². The van der Waals surface area contributed by atoms with Gasteiger partial charge in [0, 0.05) is 35.6 Å². The molecule has 8 heteroatoms. The van der Waals surface area contributed by atoms with E-state index in [1.165, 1.54) is 11.3 Å². The zero-order valence-corrected chi connectivity index (χ0v) is 18.3. The van der Waals surface area contributed by atoms with Gasteiger partial charge in [0.2, 0.25) is 0 Å². The first-order valence-corrected chi connectivity index (χ1v) is 10.9. The van der Waals surface area contributed by atoms with Crippen LogP contribution in [0.15, 0.2) is 33.4 Å². The molecule has 0 spiro atoms. The van der Waals surface area contributed by atoms with Crippen molar-refractivity contribution in [3.8, 4) is 11.5 Å². The summed E-state index contributed by atoms with van der Waals surface area (Å²) >= 11 is 4.97. The molecule has 0 unspecified atom stereocenters. The van der Waals surface area contributed by atoms with Crippen molar-refractivity contribution >= 4 is 39.1 Å². The molecule has 0 aliphatic carbocycles. The van der Waals surface area contributed by atoms with E-state index < -0.39 is 0 Å². The summed E-state index contributed by atoms with van der Waals surface area (Å²) in [6.45, 7) is 3.60. The Bertz CT molecular complexity index is 833. The molecule has 0 bridgehead atoms. The van der Waals surface area contributed by atoms with Gasteiger partial charge in [-0.1, -0.05) is 0 Å². The smallest absolute Gasteiger partial charge is 0.254 e. The number of nitrogens with one attached hydrogen (secondary N) is 1. The molecule has 150 valence electrons. The first-order valence-electron chi connectivity index (χ1n) is 9.16. The minimum absolute atomic E-state index is 0.0498. The average Bonchev–Trinajstić information content (AvgIpc) is 3.24. The van der Waals surface area contributed by atoms with Crippen molar-refractivity contribution < 1.29 is 19.1 Å². The Kier molecular flexibility index (Phi) is 6.96. The molecule has 2 aromatic rings. The standard InChI is InChI=1S/C20H23BrN2O4S/c1-3-27-18-16(21)10-14(11-17(18)26-2)20(25)23-7-4-15(5-8-23)22-19(24)13-6-9-28-12-13/h6,9-12,15H,3-5,7-8H2,1-2H3,(H,22,24). The van der Waals surface area contributed by atoms with E-state index >= 15 is 0 Å². The summed E-state index contributed by atoms with van der Waals surface area (Å²) in [6.07, 6.45) is 1.47. The third-order valence-corrected chi connectivity index (χ3v) is 5.94. The highest BCUT2D eigenvalue weighted by atomic mass is 79.9. The maximum absolute atomic E-state index is 12.9. The highest BCUT2D eigenvalue weighted by Gasteiger charge is 2.26. The van der Waals surface area contributed by atoms with Crippen LogP contribution in [0.3, 0.4) is 0 Å². The van der Waals surface area contributed by atoms with Crippen LogP contribution in [-0.2, 0) is 0 Å². The van der Waals surface area contributed by atoms with Gasteiger partial charge in [-0.3, -0.25) is 9.59 Å². The van der Waals surface area contributed by atoms with Crippen LogP contribution in [0.25, 0.3) is 0 Å². The van der Waals surface area contributed by atoms with Crippen molar-refractivity contribution in [2.24, 2.45) is 0 Å². The molecule has 1 fully saturated rings. The quantitative estimate of drug-likeness (QED) is 0.699. The normalized spacial score (nSPS) is 14.6. The van der Waals surface area contributed by atoms with Crippen molar-refractivity contribution in [3.63, 3.8) is 0 Å². The molecule has 2 heterocycles.